The van der Waals surface area contributed by atoms with Crippen LogP contribution in [0.15, 0.2) is 18.2 Å². The molecule has 1 atom stereocenters. The number of carbonyl (C=O) groups is 3. The molecular formula is C11H13N3O5. The zero-order valence-electron chi connectivity index (χ0n) is 10.0. The second-order valence-corrected chi connectivity index (χ2v) is 3.76. The lowest BCUT2D eigenvalue weighted by atomic mass is 10.2. The average Bonchev–Trinajstić information content (AvgIpc) is 2.31. The van der Waals surface area contributed by atoms with E-state index in [1.54, 1.807) is 0 Å². The van der Waals surface area contributed by atoms with Gasteiger partial charge in [-0.05, 0) is 25.1 Å². The van der Waals surface area contributed by atoms with Gasteiger partial charge in [-0.2, -0.15) is 0 Å². The number of carbonyl (C=O) groups excluding carboxylic acids is 2. The Morgan fingerprint density at radius 1 is 1.32 bits per heavy atom. The number of aromatic carboxylic acids is 1. The molecular weight excluding hydrogens is 254 g/mol. The molecule has 8 heteroatoms. The highest BCUT2D eigenvalue weighted by atomic mass is 16.4. The van der Waals surface area contributed by atoms with Gasteiger partial charge < -0.3 is 26.6 Å². The van der Waals surface area contributed by atoms with Gasteiger partial charge in [0.25, 0.3) is 0 Å². The Morgan fingerprint density at radius 2 is 1.95 bits per heavy atom. The first-order valence-electron chi connectivity index (χ1n) is 5.24. The van der Waals surface area contributed by atoms with Gasteiger partial charge in [0.2, 0.25) is 5.91 Å². The third kappa shape index (κ3) is 3.87. The van der Waals surface area contributed by atoms with Gasteiger partial charge in [0, 0.05) is 0 Å². The van der Waals surface area contributed by atoms with Crippen molar-refractivity contribution in [2.45, 2.75) is 13.0 Å². The quantitative estimate of drug-likeness (QED) is 0.491. The highest BCUT2D eigenvalue weighted by molar-refractivity contribution is 5.95. The second kappa shape index (κ2) is 5.71. The Balaban J connectivity index is 2.75. The van der Waals surface area contributed by atoms with Crippen LogP contribution >= 0.6 is 0 Å². The number of phenols is 1. The first-order chi connectivity index (χ1) is 8.81. The molecule has 0 saturated carbocycles. The van der Waals surface area contributed by atoms with E-state index in [-0.39, 0.29) is 11.3 Å². The van der Waals surface area contributed by atoms with Crippen molar-refractivity contribution in [3.63, 3.8) is 0 Å². The molecule has 0 radical (unpaired) electrons. The molecule has 8 nitrogen and oxygen atoms in total. The Morgan fingerprint density at radius 3 is 2.42 bits per heavy atom. The third-order valence-corrected chi connectivity index (χ3v) is 2.27. The van der Waals surface area contributed by atoms with Crippen molar-refractivity contribution in [2.75, 3.05) is 5.32 Å². The number of urea groups is 1. The summed E-state index contributed by atoms with van der Waals surface area (Å²) in [7, 11) is 0. The number of benzene rings is 1. The molecule has 0 aromatic heterocycles. The summed E-state index contributed by atoms with van der Waals surface area (Å²) >= 11 is 0. The number of carboxylic acids is 1. The summed E-state index contributed by atoms with van der Waals surface area (Å²) in [5.74, 6) is -2.31. The van der Waals surface area contributed by atoms with Crippen LogP contribution in [0.2, 0.25) is 0 Å². The van der Waals surface area contributed by atoms with Crippen molar-refractivity contribution < 1.29 is 24.6 Å². The minimum atomic E-state index is -1.20. The van der Waals surface area contributed by atoms with Crippen LogP contribution < -0.4 is 16.4 Å². The summed E-state index contributed by atoms with van der Waals surface area (Å²) in [5, 5.41) is 22.7. The molecule has 1 aromatic rings. The molecule has 0 aliphatic rings. The van der Waals surface area contributed by atoms with E-state index in [1.807, 2.05) is 0 Å². The zero-order chi connectivity index (χ0) is 14.6. The fourth-order valence-electron chi connectivity index (χ4n) is 1.20. The maximum Gasteiger partial charge on any atom is 0.335 e. The molecule has 0 aliphatic carbocycles. The van der Waals surface area contributed by atoms with Crippen molar-refractivity contribution in [1.82, 2.24) is 5.32 Å². The van der Waals surface area contributed by atoms with Crippen LogP contribution in [-0.4, -0.2) is 34.2 Å². The number of nitrogens with one attached hydrogen (secondary N) is 2. The molecule has 3 amide bonds. The van der Waals surface area contributed by atoms with Crippen molar-refractivity contribution in [1.29, 1.82) is 0 Å². The predicted molar refractivity (Wildman–Crippen MR) is 65.9 cm³/mol. The van der Waals surface area contributed by atoms with Crippen molar-refractivity contribution in [3.05, 3.63) is 23.8 Å². The van der Waals surface area contributed by atoms with Crippen LogP contribution in [0.3, 0.4) is 0 Å². The van der Waals surface area contributed by atoms with Gasteiger partial charge in [0.1, 0.15) is 11.8 Å². The SMILES string of the molecule is CC(NC(=O)Nc1ccc(C(=O)O)cc1O)C(N)=O. The van der Waals surface area contributed by atoms with Gasteiger partial charge in [0.05, 0.1) is 11.3 Å². The number of carboxylic acid groups (broad SMARTS) is 1. The maximum absolute atomic E-state index is 11.4. The Bertz CT molecular complexity index is 529. The van der Waals surface area contributed by atoms with E-state index in [0.717, 1.165) is 6.07 Å². The summed E-state index contributed by atoms with van der Waals surface area (Å²) in [6.07, 6.45) is 0. The first kappa shape index (κ1) is 14.3. The molecule has 0 saturated heterocycles. The van der Waals surface area contributed by atoms with E-state index >= 15 is 0 Å². The summed E-state index contributed by atoms with van der Waals surface area (Å²) in [5.41, 5.74) is 4.86. The van der Waals surface area contributed by atoms with Crippen LogP contribution in [-0.2, 0) is 4.79 Å². The molecule has 19 heavy (non-hydrogen) atoms. The average molecular weight is 267 g/mol. The highest BCUT2D eigenvalue weighted by Gasteiger charge is 2.14. The summed E-state index contributed by atoms with van der Waals surface area (Å²) in [6, 6.07) is 1.82. The van der Waals surface area contributed by atoms with E-state index in [1.165, 1.54) is 19.1 Å². The molecule has 1 unspecified atom stereocenters. The maximum atomic E-state index is 11.4. The van der Waals surface area contributed by atoms with Gasteiger partial charge in [0.15, 0.2) is 0 Å². The molecule has 102 valence electrons. The van der Waals surface area contributed by atoms with Gasteiger partial charge in [-0.3, -0.25) is 4.79 Å². The summed E-state index contributed by atoms with van der Waals surface area (Å²) < 4.78 is 0. The van der Waals surface area contributed by atoms with Gasteiger partial charge >= 0.3 is 12.0 Å². The molecule has 0 aliphatic heterocycles. The molecule has 6 N–H and O–H groups in total. The van der Waals surface area contributed by atoms with E-state index in [9.17, 15) is 19.5 Å². The van der Waals surface area contributed by atoms with E-state index in [4.69, 9.17) is 10.8 Å². The number of primary amides is 1. The van der Waals surface area contributed by atoms with Crippen molar-refractivity contribution in [2.24, 2.45) is 5.73 Å². The van der Waals surface area contributed by atoms with Gasteiger partial charge in [-0.25, -0.2) is 9.59 Å². The number of hydrogen-bond donors (Lipinski definition) is 5. The Hall–Kier alpha value is -2.77. The second-order valence-electron chi connectivity index (χ2n) is 3.76. The minimum Gasteiger partial charge on any atom is -0.506 e. The minimum absolute atomic E-state index is 0.0131. The van der Waals surface area contributed by atoms with E-state index in [2.05, 4.69) is 10.6 Å². The van der Waals surface area contributed by atoms with Gasteiger partial charge in [-0.15, -0.1) is 0 Å². The number of anilines is 1. The predicted octanol–water partition coefficient (Wildman–Crippen LogP) is 0.0857. The zero-order valence-corrected chi connectivity index (χ0v) is 10.0. The molecule has 0 bridgehead atoms. The lowest BCUT2D eigenvalue weighted by molar-refractivity contribution is -0.119. The monoisotopic (exact) mass is 267 g/mol. The molecule has 0 spiro atoms. The topological polar surface area (TPSA) is 142 Å². The molecule has 1 rings (SSSR count). The van der Waals surface area contributed by atoms with Crippen LogP contribution in [0.1, 0.15) is 17.3 Å². The van der Waals surface area contributed by atoms with Gasteiger partial charge in [-0.1, -0.05) is 0 Å². The number of nitrogens with two attached hydrogens (primary N) is 1. The van der Waals surface area contributed by atoms with Crippen LogP contribution in [0.5, 0.6) is 5.75 Å². The molecule has 1 aromatic carbocycles. The Labute approximate surface area is 108 Å². The van der Waals surface area contributed by atoms with E-state index in [0.29, 0.717) is 0 Å². The summed E-state index contributed by atoms with van der Waals surface area (Å²) in [4.78, 5) is 32.8. The number of rotatable bonds is 4. The number of amides is 3. The summed E-state index contributed by atoms with van der Waals surface area (Å²) in [6.45, 7) is 1.40. The van der Waals surface area contributed by atoms with Crippen LogP contribution in [0.4, 0.5) is 10.5 Å². The van der Waals surface area contributed by atoms with Crippen LogP contribution in [0.25, 0.3) is 0 Å². The Kier molecular flexibility index (Phi) is 4.30. The smallest absolute Gasteiger partial charge is 0.335 e. The van der Waals surface area contributed by atoms with E-state index < -0.39 is 29.7 Å². The normalized spacial score (nSPS) is 11.4. The lowest BCUT2D eigenvalue weighted by Gasteiger charge is -2.12. The lowest BCUT2D eigenvalue weighted by Crippen LogP contribution is -2.44. The van der Waals surface area contributed by atoms with Crippen molar-refractivity contribution in [3.8, 4) is 5.75 Å². The number of phenolic OH excluding ortho intramolecular Hbond substituents is 1. The van der Waals surface area contributed by atoms with Crippen molar-refractivity contribution >= 4 is 23.6 Å². The fraction of sp³-hybridized carbons (Fsp3) is 0.182. The number of aromatic hydroxyl groups is 1. The highest BCUT2D eigenvalue weighted by Crippen LogP contribution is 2.24. The number of hydrogen-bond acceptors (Lipinski definition) is 4. The molecule has 0 heterocycles. The standard InChI is InChI=1S/C11H13N3O5/c1-5(9(12)16)13-11(19)14-7-3-2-6(10(17)18)4-8(7)15/h2-5,15H,1H3,(H2,12,16)(H,17,18)(H2,13,14,19). The fourth-order valence-corrected chi connectivity index (χ4v) is 1.20. The largest absolute Gasteiger partial charge is 0.506 e. The third-order valence-electron chi connectivity index (χ3n) is 2.27. The van der Waals surface area contributed by atoms with Crippen LogP contribution in [0, 0.1) is 0 Å². The molecule has 0 fully saturated rings. The first-order valence-corrected chi connectivity index (χ1v) is 5.24.